The largest absolute Gasteiger partial charge is 0.316 e. The predicted molar refractivity (Wildman–Crippen MR) is 69.3 cm³/mol. The van der Waals surface area contributed by atoms with Crippen LogP contribution >= 0.6 is 0 Å². The maximum Gasteiger partial charge on any atom is 0.00205 e. The lowest BCUT2D eigenvalue weighted by Gasteiger charge is -2.32. The van der Waals surface area contributed by atoms with Crippen LogP contribution in [0.1, 0.15) is 53.4 Å². The molecular weight excluding hydrogens is 184 g/mol. The summed E-state index contributed by atoms with van der Waals surface area (Å²) in [5.74, 6) is 0. The highest BCUT2D eigenvalue weighted by molar-refractivity contribution is 4.91. The maximum absolute atomic E-state index is 3.48. The molecule has 0 radical (unpaired) electrons. The molecule has 92 valence electrons. The van der Waals surface area contributed by atoms with Crippen molar-refractivity contribution in [1.29, 1.82) is 0 Å². The quantitative estimate of drug-likeness (QED) is 0.648. The summed E-state index contributed by atoms with van der Waals surface area (Å²) in [6, 6.07) is 0. The molecule has 2 rings (SSSR count). The Morgan fingerprint density at radius 2 is 1.47 bits per heavy atom. The molecule has 0 bridgehead atoms. The third-order valence-electron chi connectivity index (χ3n) is 2.89. The van der Waals surface area contributed by atoms with Crippen molar-refractivity contribution in [3.63, 3.8) is 0 Å². The van der Waals surface area contributed by atoms with E-state index >= 15 is 0 Å². The average Bonchev–Trinajstić information content (AvgIpc) is 2.72. The van der Waals surface area contributed by atoms with Crippen LogP contribution in [0, 0.1) is 5.41 Å². The van der Waals surface area contributed by atoms with Crippen LogP contribution in [0.2, 0.25) is 0 Å². The number of piperidine rings is 1. The Kier molecular flexibility index (Phi) is 9.12. The summed E-state index contributed by atoms with van der Waals surface area (Å²) in [6.45, 7) is 13.2. The molecule has 2 aliphatic heterocycles. The lowest BCUT2D eigenvalue weighted by atomic mass is 9.80. The first-order valence-corrected chi connectivity index (χ1v) is 6.74. The summed E-state index contributed by atoms with van der Waals surface area (Å²) in [4.78, 5) is 0. The highest BCUT2D eigenvalue weighted by Gasteiger charge is 2.34. The Bertz CT molecular complexity index is 120. The molecule has 0 aromatic carbocycles. The smallest absolute Gasteiger partial charge is 0.00205 e. The second kappa shape index (κ2) is 9.17. The van der Waals surface area contributed by atoms with Crippen molar-refractivity contribution in [3.8, 4) is 0 Å². The molecule has 2 nitrogen and oxygen atoms in total. The van der Waals surface area contributed by atoms with Crippen molar-refractivity contribution >= 4 is 0 Å². The third kappa shape index (κ3) is 5.53. The van der Waals surface area contributed by atoms with E-state index in [2.05, 4.69) is 24.5 Å². The normalized spacial score (nSPS) is 28.8. The first-order valence-electron chi connectivity index (χ1n) is 6.74. The van der Waals surface area contributed by atoms with E-state index in [1.54, 1.807) is 0 Å². The fourth-order valence-corrected chi connectivity index (χ4v) is 2.19. The van der Waals surface area contributed by atoms with E-state index in [1.165, 1.54) is 51.9 Å². The van der Waals surface area contributed by atoms with Crippen molar-refractivity contribution in [2.24, 2.45) is 5.41 Å². The summed E-state index contributed by atoms with van der Waals surface area (Å²) in [5.41, 5.74) is 0.651. The van der Waals surface area contributed by atoms with Gasteiger partial charge in [-0.2, -0.15) is 0 Å². The van der Waals surface area contributed by atoms with Crippen molar-refractivity contribution in [3.05, 3.63) is 0 Å². The number of rotatable bonds is 0. The van der Waals surface area contributed by atoms with Gasteiger partial charge in [-0.05, 0) is 37.8 Å². The topological polar surface area (TPSA) is 24.1 Å². The Morgan fingerprint density at radius 1 is 0.933 bits per heavy atom. The highest BCUT2D eigenvalue weighted by atomic mass is 15.0. The Balaban J connectivity index is 0.000000342. The van der Waals surface area contributed by atoms with Crippen molar-refractivity contribution in [1.82, 2.24) is 10.6 Å². The van der Waals surface area contributed by atoms with Crippen LogP contribution in [0.25, 0.3) is 0 Å². The first-order chi connectivity index (χ1) is 7.33. The van der Waals surface area contributed by atoms with E-state index in [9.17, 15) is 0 Å². The van der Waals surface area contributed by atoms with Crippen LogP contribution in [0.5, 0.6) is 0 Å². The van der Waals surface area contributed by atoms with Gasteiger partial charge < -0.3 is 10.6 Å². The van der Waals surface area contributed by atoms with Gasteiger partial charge in [-0.3, -0.25) is 0 Å². The van der Waals surface area contributed by atoms with Gasteiger partial charge in [0.25, 0.3) is 0 Å². The summed E-state index contributed by atoms with van der Waals surface area (Å²) >= 11 is 0. The Labute approximate surface area is 96.2 Å². The van der Waals surface area contributed by atoms with Gasteiger partial charge in [-0.15, -0.1) is 0 Å². The predicted octanol–water partition coefficient (Wildman–Crippen LogP) is 2.79. The zero-order chi connectivity index (χ0) is 11.6. The Morgan fingerprint density at radius 3 is 1.80 bits per heavy atom. The number of nitrogens with one attached hydrogen (secondary N) is 2. The van der Waals surface area contributed by atoms with E-state index in [0.29, 0.717) is 5.41 Å². The van der Waals surface area contributed by atoms with Crippen LogP contribution in [-0.4, -0.2) is 26.2 Å². The molecular formula is C13H30N2. The van der Waals surface area contributed by atoms with E-state index < -0.39 is 0 Å². The van der Waals surface area contributed by atoms with Gasteiger partial charge in [0.2, 0.25) is 0 Å². The zero-order valence-corrected chi connectivity index (χ0v) is 11.2. The molecule has 0 aliphatic carbocycles. The first kappa shape index (κ1) is 14.9. The molecule has 2 saturated heterocycles. The highest BCUT2D eigenvalue weighted by Crippen LogP contribution is 2.31. The molecule has 0 saturated carbocycles. The van der Waals surface area contributed by atoms with Gasteiger partial charge in [0.15, 0.2) is 0 Å². The minimum Gasteiger partial charge on any atom is -0.316 e. The zero-order valence-electron chi connectivity index (χ0n) is 11.2. The summed E-state index contributed by atoms with van der Waals surface area (Å²) in [6.07, 6.45) is 5.45. The molecule has 1 spiro atoms. The maximum atomic E-state index is 3.48. The minimum atomic E-state index is 0.651. The molecule has 2 aliphatic rings. The van der Waals surface area contributed by atoms with Crippen molar-refractivity contribution in [2.45, 2.75) is 53.4 Å². The average molecular weight is 214 g/mol. The van der Waals surface area contributed by atoms with E-state index in [-0.39, 0.29) is 0 Å². The third-order valence-corrected chi connectivity index (χ3v) is 2.89. The second-order valence-electron chi connectivity index (χ2n) is 4.41. The van der Waals surface area contributed by atoms with Crippen LogP contribution in [-0.2, 0) is 0 Å². The molecule has 0 amide bonds. The van der Waals surface area contributed by atoms with Gasteiger partial charge in [-0.25, -0.2) is 0 Å². The summed E-state index contributed by atoms with van der Waals surface area (Å²) < 4.78 is 0. The van der Waals surface area contributed by atoms with E-state index in [4.69, 9.17) is 0 Å². The molecule has 2 N–H and O–H groups in total. The molecule has 1 unspecified atom stereocenters. The van der Waals surface area contributed by atoms with Crippen LogP contribution < -0.4 is 10.6 Å². The Hall–Kier alpha value is -0.0800. The molecule has 0 aromatic heterocycles. The lowest BCUT2D eigenvalue weighted by Crippen LogP contribution is -2.41. The van der Waals surface area contributed by atoms with Gasteiger partial charge in [-0.1, -0.05) is 34.1 Å². The van der Waals surface area contributed by atoms with Gasteiger partial charge >= 0.3 is 0 Å². The summed E-state index contributed by atoms with van der Waals surface area (Å²) in [7, 11) is 0. The second-order valence-corrected chi connectivity index (χ2v) is 4.41. The molecule has 2 heteroatoms. The number of hydrogen-bond acceptors (Lipinski definition) is 2. The van der Waals surface area contributed by atoms with Crippen LogP contribution in [0.15, 0.2) is 0 Å². The summed E-state index contributed by atoms with van der Waals surface area (Å²) in [5, 5.41) is 6.92. The fourth-order valence-electron chi connectivity index (χ4n) is 2.19. The van der Waals surface area contributed by atoms with E-state index in [0.717, 1.165) is 0 Å². The van der Waals surface area contributed by atoms with Crippen molar-refractivity contribution in [2.75, 3.05) is 26.2 Å². The van der Waals surface area contributed by atoms with Crippen LogP contribution in [0.4, 0.5) is 0 Å². The SMILES string of the molecule is C1CNCC2(C1)CCNC2.CC.CCC. The lowest BCUT2D eigenvalue weighted by molar-refractivity contribution is 0.236. The van der Waals surface area contributed by atoms with Crippen LogP contribution in [0.3, 0.4) is 0 Å². The minimum absolute atomic E-state index is 0.651. The van der Waals surface area contributed by atoms with Crippen molar-refractivity contribution < 1.29 is 0 Å². The molecule has 2 fully saturated rings. The molecule has 1 atom stereocenters. The van der Waals surface area contributed by atoms with Gasteiger partial charge in [0, 0.05) is 13.1 Å². The standard InChI is InChI=1S/C8H16N2.C3H8.C2H6/c1-2-8(6-9-4-1)3-5-10-7-8;1-3-2;1-2/h9-10H,1-7H2;3H2,1-2H3;1-2H3. The number of hydrogen-bond donors (Lipinski definition) is 2. The van der Waals surface area contributed by atoms with E-state index in [1.807, 2.05) is 13.8 Å². The van der Waals surface area contributed by atoms with Gasteiger partial charge in [0.05, 0.1) is 0 Å². The molecule has 15 heavy (non-hydrogen) atoms. The monoisotopic (exact) mass is 214 g/mol. The molecule has 2 heterocycles. The fraction of sp³-hybridized carbons (Fsp3) is 1.00. The molecule has 0 aromatic rings. The van der Waals surface area contributed by atoms with Gasteiger partial charge in [0.1, 0.15) is 0 Å².